The number of alkyl halides is 3. The molecule has 3 unspecified atom stereocenters. The summed E-state index contributed by atoms with van der Waals surface area (Å²) in [6.45, 7) is 6.79. The molecule has 3 aliphatic rings. The molecule has 4 aromatic rings. The minimum absolute atomic E-state index is 0.0329. The molecule has 14 nitrogen and oxygen atoms in total. The van der Waals surface area contributed by atoms with Gasteiger partial charge in [-0.05, 0) is 23.1 Å². The van der Waals surface area contributed by atoms with Crippen LogP contribution in [0.3, 0.4) is 0 Å². The lowest BCUT2D eigenvalue weighted by molar-refractivity contribution is -0.384. The second kappa shape index (κ2) is 11.2. The summed E-state index contributed by atoms with van der Waals surface area (Å²) in [6, 6.07) is 6.81. The highest BCUT2D eigenvalue weighted by Crippen LogP contribution is 2.63. The number of nitro benzene ring substituents is 1. The number of piperidine rings is 1. The summed E-state index contributed by atoms with van der Waals surface area (Å²) in [5, 5.41) is 27.3. The molecule has 0 radical (unpaired) electrons. The average Bonchev–Trinajstić information content (AvgIpc) is 3.34. The Kier molecular flexibility index (Phi) is 7.55. The van der Waals surface area contributed by atoms with Gasteiger partial charge in [-0.15, -0.1) is 0 Å². The molecular weight excluding hydrogens is 615 g/mol. The number of hydrogen-bond acceptors (Lipinski definition) is 9. The summed E-state index contributed by atoms with van der Waals surface area (Å²) in [6.07, 6.45) is -0.0304. The largest absolute Gasteiger partial charge is 0.490 e. The summed E-state index contributed by atoms with van der Waals surface area (Å²) in [4.78, 5) is 52.0. The van der Waals surface area contributed by atoms with Gasteiger partial charge in [0, 0.05) is 48.6 Å². The average molecular weight is 644 g/mol. The number of nitro groups is 1. The van der Waals surface area contributed by atoms with Crippen molar-refractivity contribution in [1.29, 1.82) is 0 Å². The molecule has 1 aromatic carbocycles. The number of non-ortho nitro benzene ring substituents is 1. The summed E-state index contributed by atoms with van der Waals surface area (Å²) in [5.41, 5.74) is 2.99. The first-order valence-corrected chi connectivity index (χ1v) is 14.3. The van der Waals surface area contributed by atoms with Crippen LogP contribution in [0.25, 0.3) is 27.7 Å². The van der Waals surface area contributed by atoms with Gasteiger partial charge in [0.2, 0.25) is 11.8 Å². The lowest BCUT2D eigenvalue weighted by atomic mass is 10.0. The predicted molar refractivity (Wildman–Crippen MR) is 153 cm³/mol. The number of aromatic nitrogens is 4. The number of halogens is 3. The van der Waals surface area contributed by atoms with Crippen LogP contribution in [0.2, 0.25) is 0 Å². The number of carbonyl (C=O) groups excluding carboxylic acids is 2. The van der Waals surface area contributed by atoms with Crippen molar-refractivity contribution < 1.29 is 42.3 Å². The Morgan fingerprint density at radius 2 is 1.91 bits per heavy atom. The number of benzene rings is 1. The molecule has 3 aromatic heterocycles. The third-order valence-electron chi connectivity index (χ3n) is 8.65. The third-order valence-corrected chi connectivity index (χ3v) is 8.65. The van der Waals surface area contributed by atoms with E-state index in [1.807, 2.05) is 36.7 Å². The molecule has 2 N–H and O–H groups in total. The van der Waals surface area contributed by atoms with Gasteiger partial charge >= 0.3 is 12.1 Å². The van der Waals surface area contributed by atoms with E-state index in [1.165, 1.54) is 17.3 Å². The van der Waals surface area contributed by atoms with E-state index in [9.17, 15) is 32.9 Å². The van der Waals surface area contributed by atoms with Gasteiger partial charge in [-0.3, -0.25) is 24.6 Å². The van der Waals surface area contributed by atoms with E-state index < -0.39 is 17.1 Å². The number of imide groups is 1. The predicted octanol–water partition coefficient (Wildman–Crippen LogP) is 3.02. The zero-order valence-corrected chi connectivity index (χ0v) is 24.5. The van der Waals surface area contributed by atoms with Crippen molar-refractivity contribution in [3.63, 3.8) is 0 Å². The SMILES string of the molecule is CC1(C)C2C(=O)N(Cc3cc4c(-c5cc([N+](=O)[O-])cc6ccn(CC7CNCCO7)c56)ncnn4c3)C(=O)C21.O=C(O)C(F)(F)F. The van der Waals surface area contributed by atoms with Crippen LogP contribution in [0, 0.1) is 27.4 Å². The van der Waals surface area contributed by atoms with E-state index in [0.717, 1.165) is 23.0 Å². The Hall–Kier alpha value is -4.90. The standard InChI is InChI=1S/C27H27N7O5.C2HF3O2/c1-27(2)21-22(27)26(36)32(25(21)35)11-15-7-20-23(29-14-30-33(20)12-15)19-9-17(34(37)38)8-16-3-5-31(24(16)19)13-18-10-28-4-6-39-18;3-2(4,5)1(6)7/h3,5,7-9,12,14,18,21-22,28H,4,6,10-11,13H2,1-2H3;(H,6,7). The van der Waals surface area contributed by atoms with Crippen molar-refractivity contribution in [1.82, 2.24) is 29.4 Å². The van der Waals surface area contributed by atoms with Gasteiger partial charge in [0.05, 0.1) is 53.6 Å². The molecule has 5 heterocycles. The number of nitrogens with one attached hydrogen (secondary N) is 1. The van der Waals surface area contributed by atoms with Crippen LogP contribution < -0.4 is 5.32 Å². The van der Waals surface area contributed by atoms with E-state index in [4.69, 9.17) is 14.6 Å². The number of hydrogen-bond donors (Lipinski definition) is 2. The number of carboxylic acid groups (broad SMARTS) is 1. The highest BCUT2D eigenvalue weighted by Gasteiger charge is 2.72. The van der Waals surface area contributed by atoms with Crippen LogP contribution in [0.4, 0.5) is 18.9 Å². The Balaban J connectivity index is 0.000000480. The summed E-state index contributed by atoms with van der Waals surface area (Å²) < 4.78 is 41.3. The van der Waals surface area contributed by atoms with Gasteiger partial charge < -0.3 is 19.7 Å². The fourth-order valence-electron chi connectivity index (χ4n) is 6.35. The summed E-state index contributed by atoms with van der Waals surface area (Å²) >= 11 is 0. The lowest BCUT2D eigenvalue weighted by Gasteiger charge is -2.24. The van der Waals surface area contributed by atoms with Crippen molar-refractivity contribution in [2.24, 2.45) is 17.3 Å². The number of nitrogens with zero attached hydrogens (tertiary/aromatic N) is 6. The fourth-order valence-corrected chi connectivity index (χ4v) is 6.35. The molecular formula is C29H28F3N7O7. The van der Waals surface area contributed by atoms with E-state index in [-0.39, 0.29) is 47.4 Å². The normalized spacial score (nSPS) is 22.1. The van der Waals surface area contributed by atoms with Gasteiger partial charge in [0.15, 0.2) is 0 Å². The lowest BCUT2D eigenvalue weighted by Crippen LogP contribution is -2.40. The van der Waals surface area contributed by atoms with Gasteiger partial charge in [-0.1, -0.05) is 13.8 Å². The number of ether oxygens (including phenoxy) is 1. The molecule has 2 aliphatic heterocycles. The Morgan fingerprint density at radius 1 is 1.22 bits per heavy atom. The number of likely N-dealkylation sites (tertiary alicyclic amines) is 1. The maximum atomic E-state index is 12.9. The van der Waals surface area contributed by atoms with Crippen LogP contribution in [-0.2, 0) is 32.2 Å². The molecule has 242 valence electrons. The molecule has 0 spiro atoms. The van der Waals surface area contributed by atoms with E-state index in [2.05, 4.69) is 15.4 Å². The van der Waals surface area contributed by atoms with Crippen molar-refractivity contribution in [3.8, 4) is 11.3 Å². The zero-order chi connectivity index (χ0) is 33.1. The first-order chi connectivity index (χ1) is 21.7. The van der Waals surface area contributed by atoms with Gasteiger partial charge in [0.1, 0.15) is 12.0 Å². The molecule has 2 amide bonds. The number of fused-ring (bicyclic) bond motifs is 3. The Bertz CT molecular complexity index is 1870. The van der Waals surface area contributed by atoms with Crippen LogP contribution in [0.15, 0.2) is 43.0 Å². The Labute approximate surface area is 257 Å². The first-order valence-electron chi connectivity index (χ1n) is 14.3. The minimum atomic E-state index is -5.08. The summed E-state index contributed by atoms with van der Waals surface area (Å²) in [5.74, 6) is -3.51. The minimum Gasteiger partial charge on any atom is -0.475 e. The zero-order valence-electron chi connectivity index (χ0n) is 24.5. The fraction of sp³-hybridized carbons (Fsp3) is 0.414. The first kappa shape index (κ1) is 31.1. The molecule has 17 heteroatoms. The van der Waals surface area contributed by atoms with Crippen LogP contribution in [0.1, 0.15) is 19.4 Å². The molecule has 3 fully saturated rings. The number of rotatable bonds is 6. The highest BCUT2D eigenvalue weighted by atomic mass is 19.4. The summed E-state index contributed by atoms with van der Waals surface area (Å²) in [7, 11) is 0. The van der Waals surface area contributed by atoms with E-state index in [1.54, 1.807) is 16.8 Å². The number of aliphatic carboxylic acids is 1. The van der Waals surface area contributed by atoms with Gasteiger partial charge in [-0.2, -0.15) is 18.3 Å². The monoisotopic (exact) mass is 643 g/mol. The second-order valence-electron chi connectivity index (χ2n) is 12.0. The Morgan fingerprint density at radius 3 is 2.52 bits per heavy atom. The van der Waals surface area contributed by atoms with Crippen LogP contribution >= 0.6 is 0 Å². The van der Waals surface area contributed by atoms with Gasteiger partial charge in [-0.25, -0.2) is 14.3 Å². The molecule has 1 saturated carbocycles. The van der Waals surface area contributed by atoms with Crippen molar-refractivity contribution in [3.05, 3.63) is 58.7 Å². The van der Waals surface area contributed by atoms with Crippen LogP contribution in [-0.4, -0.2) is 83.9 Å². The molecule has 2 saturated heterocycles. The third kappa shape index (κ3) is 5.44. The molecule has 1 aliphatic carbocycles. The molecule has 0 bridgehead atoms. The van der Waals surface area contributed by atoms with Crippen molar-refractivity contribution >= 4 is 39.9 Å². The quantitative estimate of drug-likeness (QED) is 0.181. The maximum Gasteiger partial charge on any atom is 0.490 e. The topological polar surface area (TPSA) is 174 Å². The van der Waals surface area contributed by atoms with Crippen LogP contribution in [0.5, 0.6) is 0 Å². The number of carbonyl (C=O) groups is 3. The van der Waals surface area contributed by atoms with Gasteiger partial charge in [0.25, 0.3) is 5.69 Å². The smallest absolute Gasteiger partial charge is 0.475 e. The number of carboxylic acids is 1. The maximum absolute atomic E-state index is 12.9. The second-order valence-corrected chi connectivity index (χ2v) is 12.0. The van der Waals surface area contributed by atoms with E-state index in [0.29, 0.717) is 36.5 Å². The van der Waals surface area contributed by atoms with Crippen molar-refractivity contribution in [2.75, 3.05) is 19.7 Å². The van der Waals surface area contributed by atoms with E-state index >= 15 is 0 Å². The number of amides is 2. The molecule has 46 heavy (non-hydrogen) atoms. The molecule has 7 rings (SSSR count). The van der Waals surface area contributed by atoms with Crippen molar-refractivity contribution in [2.45, 2.75) is 39.2 Å². The number of morpholine rings is 1. The molecule has 3 atom stereocenters. The highest BCUT2D eigenvalue weighted by molar-refractivity contribution is 6.10.